The van der Waals surface area contributed by atoms with E-state index < -0.39 is 18.0 Å². The highest BCUT2D eigenvalue weighted by atomic mass is 16.4. The van der Waals surface area contributed by atoms with Crippen LogP contribution in [0, 0.1) is 12.8 Å². The summed E-state index contributed by atoms with van der Waals surface area (Å²) in [7, 11) is 0. The van der Waals surface area contributed by atoms with Gasteiger partial charge in [0.25, 0.3) is 0 Å². The lowest BCUT2D eigenvalue weighted by atomic mass is 10.1. The molecule has 3 N–H and O–H groups in total. The Labute approximate surface area is 106 Å². The summed E-state index contributed by atoms with van der Waals surface area (Å²) in [5, 5.41) is 14.0. The molecular weight excluding hydrogens is 232 g/mol. The summed E-state index contributed by atoms with van der Waals surface area (Å²) < 4.78 is 0. The molecule has 0 radical (unpaired) electrons. The van der Waals surface area contributed by atoms with Gasteiger partial charge in [0.2, 0.25) is 0 Å². The van der Waals surface area contributed by atoms with Crippen LogP contribution in [-0.2, 0) is 4.79 Å². The molecule has 0 aliphatic rings. The van der Waals surface area contributed by atoms with Gasteiger partial charge in [-0.15, -0.1) is 0 Å². The molecule has 1 rings (SSSR count). The van der Waals surface area contributed by atoms with Gasteiger partial charge in [0.05, 0.1) is 0 Å². The molecule has 2 amide bonds. The first-order valence-corrected chi connectivity index (χ1v) is 5.77. The van der Waals surface area contributed by atoms with E-state index in [1.54, 1.807) is 19.9 Å². The molecule has 0 aliphatic carbocycles. The Balaban J connectivity index is 2.63. The summed E-state index contributed by atoms with van der Waals surface area (Å²) in [6, 6.07) is 5.89. The van der Waals surface area contributed by atoms with Crippen molar-refractivity contribution in [3.63, 3.8) is 0 Å². The molecular formula is C13H18N2O3. The van der Waals surface area contributed by atoms with Crippen molar-refractivity contribution in [1.82, 2.24) is 5.32 Å². The molecule has 18 heavy (non-hydrogen) atoms. The van der Waals surface area contributed by atoms with E-state index in [9.17, 15) is 9.59 Å². The van der Waals surface area contributed by atoms with Crippen molar-refractivity contribution in [3.05, 3.63) is 29.8 Å². The van der Waals surface area contributed by atoms with Crippen molar-refractivity contribution in [3.8, 4) is 0 Å². The third kappa shape index (κ3) is 4.08. The Morgan fingerprint density at radius 3 is 2.44 bits per heavy atom. The number of carboxylic acids is 1. The van der Waals surface area contributed by atoms with Gasteiger partial charge in [0.1, 0.15) is 6.04 Å². The van der Waals surface area contributed by atoms with Crippen LogP contribution in [0.4, 0.5) is 10.5 Å². The summed E-state index contributed by atoms with van der Waals surface area (Å²) in [5.41, 5.74) is 1.66. The number of amides is 2. The van der Waals surface area contributed by atoms with Gasteiger partial charge >= 0.3 is 12.0 Å². The average molecular weight is 250 g/mol. The van der Waals surface area contributed by atoms with E-state index in [1.807, 2.05) is 25.1 Å². The Kier molecular flexibility index (Phi) is 4.71. The maximum Gasteiger partial charge on any atom is 0.326 e. The molecule has 0 bridgehead atoms. The van der Waals surface area contributed by atoms with E-state index in [-0.39, 0.29) is 5.92 Å². The van der Waals surface area contributed by atoms with Crippen molar-refractivity contribution < 1.29 is 14.7 Å². The SMILES string of the molecule is Cc1cccc(NC(=O)N[C@@H](C(=O)O)C(C)C)c1. The molecule has 0 unspecified atom stereocenters. The normalized spacial score (nSPS) is 12.0. The molecule has 98 valence electrons. The highest BCUT2D eigenvalue weighted by molar-refractivity contribution is 5.92. The zero-order chi connectivity index (χ0) is 13.7. The first-order valence-electron chi connectivity index (χ1n) is 5.77. The van der Waals surface area contributed by atoms with Crippen LogP contribution >= 0.6 is 0 Å². The highest BCUT2D eigenvalue weighted by Crippen LogP contribution is 2.09. The maximum atomic E-state index is 11.7. The summed E-state index contributed by atoms with van der Waals surface area (Å²) in [6.07, 6.45) is 0. The number of urea groups is 1. The number of benzene rings is 1. The minimum Gasteiger partial charge on any atom is -0.480 e. The fourth-order valence-electron chi connectivity index (χ4n) is 1.54. The molecule has 0 aliphatic heterocycles. The Morgan fingerprint density at radius 2 is 1.94 bits per heavy atom. The zero-order valence-electron chi connectivity index (χ0n) is 10.7. The first kappa shape index (κ1) is 14.0. The van der Waals surface area contributed by atoms with E-state index >= 15 is 0 Å². The molecule has 1 atom stereocenters. The van der Waals surface area contributed by atoms with Crippen LogP contribution in [0.3, 0.4) is 0 Å². The zero-order valence-corrected chi connectivity index (χ0v) is 10.7. The first-order chi connectivity index (χ1) is 8.40. The number of rotatable bonds is 4. The van der Waals surface area contributed by atoms with Gasteiger partial charge in [-0.25, -0.2) is 9.59 Å². The number of hydrogen-bond acceptors (Lipinski definition) is 2. The van der Waals surface area contributed by atoms with Crippen LogP contribution in [0.15, 0.2) is 24.3 Å². The smallest absolute Gasteiger partial charge is 0.326 e. The summed E-state index contributed by atoms with van der Waals surface area (Å²) in [4.78, 5) is 22.6. The highest BCUT2D eigenvalue weighted by Gasteiger charge is 2.23. The Morgan fingerprint density at radius 1 is 1.28 bits per heavy atom. The predicted molar refractivity (Wildman–Crippen MR) is 69.6 cm³/mol. The van der Waals surface area contributed by atoms with Gasteiger partial charge in [-0.1, -0.05) is 26.0 Å². The van der Waals surface area contributed by atoms with Gasteiger partial charge in [-0.3, -0.25) is 0 Å². The van der Waals surface area contributed by atoms with Crippen molar-refractivity contribution in [2.24, 2.45) is 5.92 Å². The van der Waals surface area contributed by atoms with Crippen LogP contribution in [0.5, 0.6) is 0 Å². The number of nitrogens with one attached hydrogen (secondary N) is 2. The number of carboxylic acid groups (broad SMARTS) is 1. The van der Waals surface area contributed by atoms with E-state index in [2.05, 4.69) is 10.6 Å². The molecule has 0 saturated heterocycles. The summed E-state index contributed by atoms with van der Waals surface area (Å²) >= 11 is 0. The van der Waals surface area contributed by atoms with Crippen LogP contribution in [0.2, 0.25) is 0 Å². The molecule has 0 fully saturated rings. The largest absolute Gasteiger partial charge is 0.480 e. The van der Waals surface area contributed by atoms with E-state index in [0.29, 0.717) is 5.69 Å². The number of aliphatic carboxylic acids is 1. The second kappa shape index (κ2) is 6.05. The standard InChI is InChI=1S/C13H18N2O3/c1-8(2)11(12(16)17)15-13(18)14-10-6-4-5-9(3)7-10/h4-8,11H,1-3H3,(H,16,17)(H2,14,15,18)/t11-/m1/s1. The van der Waals surface area contributed by atoms with Gasteiger partial charge in [0.15, 0.2) is 0 Å². The quantitative estimate of drug-likeness (QED) is 0.766. The van der Waals surface area contributed by atoms with Gasteiger partial charge in [-0.05, 0) is 30.5 Å². The molecule has 1 aromatic rings. The predicted octanol–water partition coefficient (Wildman–Crippen LogP) is 2.23. The molecule has 5 nitrogen and oxygen atoms in total. The molecule has 0 spiro atoms. The number of aryl methyl sites for hydroxylation is 1. The number of hydrogen-bond donors (Lipinski definition) is 3. The van der Waals surface area contributed by atoms with E-state index in [4.69, 9.17) is 5.11 Å². The lowest BCUT2D eigenvalue weighted by Crippen LogP contribution is -2.46. The Hall–Kier alpha value is -2.04. The second-order valence-electron chi connectivity index (χ2n) is 4.53. The van der Waals surface area contributed by atoms with Gasteiger partial charge in [-0.2, -0.15) is 0 Å². The third-order valence-electron chi connectivity index (χ3n) is 2.50. The van der Waals surface area contributed by atoms with Crippen molar-refractivity contribution in [1.29, 1.82) is 0 Å². The molecule has 0 saturated carbocycles. The van der Waals surface area contributed by atoms with Crippen LogP contribution in [0.1, 0.15) is 19.4 Å². The fourth-order valence-corrected chi connectivity index (χ4v) is 1.54. The second-order valence-corrected chi connectivity index (χ2v) is 4.53. The minimum atomic E-state index is -1.04. The van der Waals surface area contributed by atoms with Crippen LogP contribution in [0.25, 0.3) is 0 Å². The molecule has 0 heterocycles. The van der Waals surface area contributed by atoms with Gasteiger partial charge in [0, 0.05) is 5.69 Å². The molecule has 5 heteroatoms. The van der Waals surface area contributed by atoms with Gasteiger partial charge < -0.3 is 15.7 Å². The van der Waals surface area contributed by atoms with Crippen molar-refractivity contribution in [2.75, 3.05) is 5.32 Å². The summed E-state index contributed by atoms with van der Waals surface area (Å²) in [6.45, 7) is 5.40. The van der Waals surface area contributed by atoms with E-state index in [0.717, 1.165) is 5.56 Å². The number of anilines is 1. The molecule has 0 aromatic heterocycles. The summed E-state index contributed by atoms with van der Waals surface area (Å²) in [5.74, 6) is -1.21. The van der Waals surface area contributed by atoms with Crippen molar-refractivity contribution >= 4 is 17.7 Å². The number of carbonyl (C=O) groups is 2. The fraction of sp³-hybridized carbons (Fsp3) is 0.385. The monoisotopic (exact) mass is 250 g/mol. The lowest BCUT2D eigenvalue weighted by Gasteiger charge is -2.18. The Bertz CT molecular complexity index is 444. The molecule has 1 aromatic carbocycles. The minimum absolute atomic E-state index is 0.175. The third-order valence-corrected chi connectivity index (χ3v) is 2.50. The van der Waals surface area contributed by atoms with Crippen molar-refractivity contribution in [2.45, 2.75) is 26.8 Å². The number of carbonyl (C=O) groups excluding carboxylic acids is 1. The average Bonchev–Trinajstić information content (AvgIpc) is 2.25. The maximum absolute atomic E-state index is 11.7. The van der Waals surface area contributed by atoms with Crippen LogP contribution in [-0.4, -0.2) is 23.1 Å². The topological polar surface area (TPSA) is 78.4 Å². The lowest BCUT2D eigenvalue weighted by molar-refractivity contribution is -0.140. The van der Waals surface area contributed by atoms with E-state index in [1.165, 1.54) is 0 Å². The van der Waals surface area contributed by atoms with Crippen LogP contribution < -0.4 is 10.6 Å².